The van der Waals surface area contributed by atoms with Crippen LogP contribution in [-0.2, 0) is 5.75 Å². The van der Waals surface area contributed by atoms with Gasteiger partial charge >= 0.3 is 0 Å². The monoisotopic (exact) mass is 455 g/mol. The van der Waals surface area contributed by atoms with Crippen LogP contribution in [0.3, 0.4) is 0 Å². The standard InChI is InChI=1S/C21H14ClN3O3S2/c22-15-5-3-14(4-6-15)20(26)23-16-7-10-18-19(11-16)30-21(24-18)29-12-13-1-8-17(9-2-13)25(27)28/h1-11H,12H2,(H,23,26). The number of rotatable bonds is 6. The molecule has 0 saturated carbocycles. The maximum absolute atomic E-state index is 12.4. The summed E-state index contributed by atoms with van der Waals surface area (Å²) in [5.74, 6) is 0.459. The first kappa shape index (κ1) is 20.3. The maximum atomic E-state index is 12.4. The Bertz CT molecular complexity index is 1220. The van der Waals surface area contributed by atoms with Crippen LogP contribution in [0.4, 0.5) is 11.4 Å². The van der Waals surface area contributed by atoms with Gasteiger partial charge in [0.05, 0.1) is 15.1 Å². The van der Waals surface area contributed by atoms with Gasteiger partial charge in [0, 0.05) is 34.2 Å². The van der Waals surface area contributed by atoms with Crippen LogP contribution in [0, 0.1) is 10.1 Å². The number of nitro benzene ring substituents is 1. The molecular weight excluding hydrogens is 442 g/mol. The summed E-state index contributed by atoms with van der Waals surface area (Å²) in [4.78, 5) is 27.3. The third kappa shape index (κ3) is 4.79. The number of carbonyl (C=O) groups excluding carboxylic acids is 1. The Morgan fingerprint density at radius 1 is 1.10 bits per heavy atom. The molecule has 0 unspecified atom stereocenters. The molecule has 0 fully saturated rings. The number of halogens is 1. The Morgan fingerprint density at radius 3 is 2.53 bits per heavy atom. The second-order valence-electron chi connectivity index (χ2n) is 6.34. The fourth-order valence-electron chi connectivity index (χ4n) is 2.71. The van der Waals surface area contributed by atoms with Crippen LogP contribution in [0.25, 0.3) is 10.2 Å². The Hall–Kier alpha value is -2.94. The lowest BCUT2D eigenvalue weighted by Gasteiger charge is -2.05. The number of nitrogens with one attached hydrogen (secondary N) is 1. The number of non-ortho nitro benzene ring substituents is 1. The SMILES string of the molecule is O=C(Nc1ccc2nc(SCc3ccc([N+](=O)[O-])cc3)sc2c1)c1ccc(Cl)cc1. The van der Waals surface area contributed by atoms with Crippen LogP contribution < -0.4 is 5.32 Å². The van der Waals surface area contributed by atoms with Gasteiger partial charge in [-0.25, -0.2) is 4.98 Å². The fourth-order valence-corrected chi connectivity index (χ4v) is 4.90. The Labute approximate surface area is 185 Å². The highest BCUT2D eigenvalue weighted by atomic mass is 35.5. The van der Waals surface area contributed by atoms with Crippen molar-refractivity contribution in [3.63, 3.8) is 0 Å². The van der Waals surface area contributed by atoms with Gasteiger partial charge in [-0.15, -0.1) is 11.3 Å². The van der Waals surface area contributed by atoms with E-state index in [1.165, 1.54) is 23.5 Å². The first-order chi connectivity index (χ1) is 14.5. The van der Waals surface area contributed by atoms with Gasteiger partial charge in [0.25, 0.3) is 11.6 Å². The number of hydrogen-bond donors (Lipinski definition) is 1. The van der Waals surface area contributed by atoms with Gasteiger partial charge in [-0.1, -0.05) is 35.5 Å². The van der Waals surface area contributed by atoms with Crippen molar-refractivity contribution in [2.24, 2.45) is 0 Å². The Kier molecular flexibility index (Phi) is 5.98. The molecule has 0 aliphatic carbocycles. The molecule has 0 aliphatic rings. The van der Waals surface area contributed by atoms with Crippen molar-refractivity contribution in [3.05, 3.63) is 93.0 Å². The molecule has 0 saturated heterocycles. The van der Waals surface area contributed by atoms with E-state index in [-0.39, 0.29) is 11.6 Å². The normalized spacial score (nSPS) is 10.8. The molecule has 0 radical (unpaired) electrons. The molecule has 1 N–H and O–H groups in total. The summed E-state index contributed by atoms with van der Waals surface area (Å²) in [6.07, 6.45) is 0. The molecule has 1 heterocycles. The van der Waals surface area contributed by atoms with Crippen molar-refractivity contribution >= 4 is 62.2 Å². The molecule has 0 aliphatic heterocycles. The van der Waals surface area contributed by atoms with Gasteiger partial charge in [-0.05, 0) is 48.0 Å². The highest BCUT2D eigenvalue weighted by molar-refractivity contribution is 8.00. The lowest BCUT2D eigenvalue weighted by molar-refractivity contribution is -0.384. The van der Waals surface area contributed by atoms with E-state index in [0.717, 1.165) is 20.1 Å². The number of carbonyl (C=O) groups is 1. The predicted molar refractivity (Wildman–Crippen MR) is 122 cm³/mol. The number of aromatic nitrogens is 1. The number of benzene rings is 3. The number of anilines is 1. The van der Waals surface area contributed by atoms with Crippen LogP contribution >= 0.6 is 34.7 Å². The van der Waals surface area contributed by atoms with Gasteiger partial charge in [-0.2, -0.15) is 0 Å². The molecular formula is C21H14ClN3O3S2. The van der Waals surface area contributed by atoms with Crippen LogP contribution in [0.5, 0.6) is 0 Å². The van der Waals surface area contributed by atoms with E-state index in [9.17, 15) is 14.9 Å². The quantitative estimate of drug-likeness (QED) is 0.206. The summed E-state index contributed by atoms with van der Waals surface area (Å²) in [5.41, 5.74) is 3.15. The van der Waals surface area contributed by atoms with Crippen molar-refractivity contribution < 1.29 is 9.72 Å². The highest BCUT2D eigenvalue weighted by Gasteiger charge is 2.10. The fraction of sp³-hybridized carbons (Fsp3) is 0.0476. The van der Waals surface area contributed by atoms with E-state index in [1.807, 2.05) is 18.2 Å². The highest BCUT2D eigenvalue weighted by Crippen LogP contribution is 2.33. The van der Waals surface area contributed by atoms with Crippen molar-refractivity contribution in [2.45, 2.75) is 10.1 Å². The molecule has 6 nitrogen and oxygen atoms in total. The zero-order chi connectivity index (χ0) is 21.1. The van der Waals surface area contributed by atoms with Crippen LogP contribution in [0.2, 0.25) is 5.02 Å². The maximum Gasteiger partial charge on any atom is 0.269 e. The summed E-state index contributed by atoms with van der Waals surface area (Å²) in [5, 5.41) is 14.2. The number of amides is 1. The van der Waals surface area contributed by atoms with E-state index >= 15 is 0 Å². The predicted octanol–water partition coefficient (Wildman–Crippen LogP) is 6.40. The van der Waals surface area contributed by atoms with Crippen LogP contribution in [0.15, 0.2) is 71.1 Å². The van der Waals surface area contributed by atoms with E-state index in [0.29, 0.717) is 22.0 Å². The number of thiazole rings is 1. The molecule has 0 bridgehead atoms. The Balaban J connectivity index is 1.43. The lowest BCUT2D eigenvalue weighted by Crippen LogP contribution is -2.11. The largest absolute Gasteiger partial charge is 0.322 e. The minimum absolute atomic E-state index is 0.0805. The summed E-state index contributed by atoms with van der Waals surface area (Å²) in [6, 6.07) is 18.8. The average molecular weight is 456 g/mol. The molecule has 4 rings (SSSR count). The topological polar surface area (TPSA) is 85.1 Å². The van der Waals surface area contributed by atoms with Gasteiger partial charge in [0.15, 0.2) is 4.34 Å². The van der Waals surface area contributed by atoms with Crippen molar-refractivity contribution in [1.29, 1.82) is 0 Å². The molecule has 3 aromatic carbocycles. The zero-order valence-electron chi connectivity index (χ0n) is 15.4. The zero-order valence-corrected chi connectivity index (χ0v) is 17.8. The minimum atomic E-state index is -0.409. The van der Waals surface area contributed by atoms with E-state index in [4.69, 9.17) is 11.6 Å². The van der Waals surface area contributed by atoms with Crippen molar-refractivity contribution in [2.75, 3.05) is 5.32 Å². The summed E-state index contributed by atoms with van der Waals surface area (Å²) in [6.45, 7) is 0. The van der Waals surface area contributed by atoms with Gasteiger partial charge in [-0.3, -0.25) is 14.9 Å². The number of thioether (sulfide) groups is 1. The molecule has 1 aromatic heterocycles. The molecule has 9 heteroatoms. The first-order valence-electron chi connectivity index (χ1n) is 8.81. The molecule has 0 atom stereocenters. The number of nitro groups is 1. The molecule has 150 valence electrons. The Morgan fingerprint density at radius 2 is 1.83 bits per heavy atom. The van der Waals surface area contributed by atoms with Crippen LogP contribution in [0.1, 0.15) is 15.9 Å². The second kappa shape index (κ2) is 8.83. The van der Waals surface area contributed by atoms with E-state index < -0.39 is 4.92 Å². The van der Waals surface area contributed by atoms with Gasteiger partial charge in [0.2, 0.25) is 0 Å². The summed E-state index contributed by atoms with van der Waals surface area (Å²) in [7, 11) is 0. The smallest absolute Gasteiger partial charge is 0.269 e. The lowest BCUT2D eigenvalue weighted by atomic mass is 10.2. The van der Waals surface area contributed by atoms with E-state index in [1.54, 1.807) is 48.2 Å². The number of hydrogen-bond acceptors (Lipinski definition) is 6. The third-order valence-corrected chi connectivity index (χ3v) is 6.73. The second-order valence-corrected chi connectivity index (χ2v) is 9.03. The summed E-state index contributed by atoms with van der Waals surface area (Å²) < 4.78 is 1.86. The van der Waals surface area contributed by atoms with E-state index in [2.05, 4.69) is 10.3 Å². The average Bonchev–Trinajstić information content (AvgIpc) is 3.15. The van der Waals surface area contributed by atoms with Crippen molar-refractivity contribution in [3.8, 4) is 0 Å². The van der Waals surface area contributed by atoms with Gasteiger partial charge in [0.1, 0.15) is 0 Å². The summed E-state index contributed by atoms with van der Waals surface area (Å²) >= 11 is 8.97. The molecule has 4 aromatic rings. The minimum Gasteiger partial charge on any atom is -0.322 e. The first-order valence-corrected chi connectivity index (χ1v) is 11.0. The number of fused-ring (bicyclic) bond motifs is 1. The van der Waals surface area contributed by atoms with Crippen LogP contribution in [-0.4, -0.2) is 15.8 Å². The van der Waals surface area contributed by atoms with Crippen molar-refractivity contribution in [1.82, 2.24) is 4.98 Å². The third-order valence-electron chi connectivity index (χ3n) is 4.24. The molecule has 0 spiro atoms. The molecule has 1 amide bonds. The van der Waals surface area contributed by atoms with Gasteiger partial charge < -0.3 is 5.32 Å². The number of nitrogens with zero attached hydrogens (tertiary/aromatic N) is 2. The molecule has 30 heavy (non-hydrogen) atoms.